The minimum Gasteiger partial charge on any atom is -0.256 e. The van der Waals surface area contributed by atoms with E-state index in [4.69, 9.17) is 4.98 Å². The van der Waals surface area contributed by atoms with Gasteiger partial charge in [0.2, 0.25) is 0 Å². The molecule has 0 unspecified atom stereocenters. The molecule has 1 aliphatic carbocycles. The summed E-state index contributed by atoms with van der Waals surface area (Å²) in [7, 11) is 0. The maximum atomic E-state index is 5.07. The first kappa shape index (κ1) is 25.1. The number of aryl methyl sites for hydroxylation is 1. The van der Waals surface area contributed by atoms with E-state index in [0.717, 1.165) is 12.1 Å². The zero-order chi connectivity index (χ0) is 27.1. The Kier molecular flexibility index (Phi) is 5.69. The molecule has 39 heavy (non-hydrogen) atoms. The number of aromatic nitrogens is 1. The molecule has 1 saturated carbocycles. The second-order valence-electron chi connectivity index (χ2n) is 14.2. The molecule has 0 radical (unpaired) electrons. The van der Waals surface area contributed by atoms with Crippen LogP contribution >= 0.6 is 11.8 Å². The van der Waals surface area contributed by atoms with Gasteiger partial charge in [-0.15, -0.1) is 0 Å². The maximum absolute atomic E-state index is 5.07. The molecule has 0 atom stereocenters. The third-order valence-electron chi connectivity index (χ3n) is 9.19. The van der Waals surface area contributed by atoms with Gasteiger partial charge in [0.15, 0.2) is 0 Å². The van der Waals surface area contributed by atoms with E-state index in [0.29, 0.717) is 11.3 Å². The van der Waals surface area contributed by atoms with Crippen LogP contribution in [0.3, 0.4) is 0 Å². The molecule has 1 nitrogen and oxygen atoms in total. The first-order valence-corrected chi connectivity index (χ1v) is 15.5. The number of hydrogen-bond acceptors (Lipinski definition) is 2. The third kappa shape index (κ3) is 4.36. The van der Waals surface area contributed by atoms with Crippen LogP contribution < -0.4 is 0 Å². The highest BCUT2D eigenvalue weighted by Crippen LogP contribution is 2.53. The van der Waals surface area contributed by atoms with Crippen LogP contribution in [0, 0.1) is 17.8 Å². The predicted molar refractivity (Wildman–Crippen MR) is 169 cm³/mol. The normalized spacial score (nSPS) is 17.2. The Balaban J connectivity index is 1.45. The molecule has 2 heterocycles. The van der Waals surface area contributed by atoms with E-state index < -0.39 is 0 Å². The lowest BCUT2D eigenvalue weighted by molar-refractivity contribution is 0.224. The topological polar surface area (TPSA) is 12.9 Å². The number of fused-ring (bicyclic) bond motifs is 5. The fourth-order valence-corrected chi connectivity index (χ4v) is 8.33. The summed E-state index contributed by atoms with van der Waals surface area (Å²) in [5, 5.41) is 8.13. The second-order valence-corrected chi connectivity index (χ2v) is 15.2. The predicted octanol–water partition coefficient (Wildman–Crippen LogP) is 11.3. The van der Waals surface area contributed by atoms with Crippen molar-refractivity contribution in [2.75, 3.05) is 0 Å². The Morgan fingerprint density at radius 2 is 1.67 bits per heavy atom. The van der Waals surface area contributed by atoms with Crippen molar-refractivity contribution in [2.24, 2.45) is 10.8 Å². The second kappa shape index (κ2) is 8.83. The minimum absolute atomic E-state index is 0.196. The molecule has 0 spiro atoms. The van der Waals surface area contributed by atoms with E-state index in [2.05, 4.69) is 96.1 Å². The molecular formula is C37H39NS. The summed E-state index contributed by atoms with van der Waals surface area (Å²) in [6.45, 7) is 14.1. The Morgan fingerprint density at radius 3 is 2.44 bits per heavy atom. The van der Waals surface area contributed by atoms with Crippen molar-refractivity contribution in [3.8, 4) is 11.3 Å². The van der Waals surface area contributed by atoms with Crippen LogP contribution in [-0.4, -0.2) is 4.98 Å². The van der Waals surface area contributed by atoms with Crippen molar-refractivity contribution in [2.45, 2.75) is 89.4 Å². The Hall–Kier alpha value is -2.84. The number of pyridine rings is 1. The van der Waals surface area contributed by atoms with Gasteiger partial charge < -0.3 is 0 Å². The molecule has 2 heteroatoms. The van der Waals surface area contributed by atoms with Gasteiger partial charge in [-0.2, -0.15) is 0 Å². The zero-order valence-electron chi connectivity index (χ0n) is 24.2. The van der Waals surface area contributed by atoms with Crippen LogP contribution in [0.15, 0.2) is 70.6 Å². The molecule has 0 bridgehead atoms. The third-order valence-corrected chi connectivity index (χ3v) is 10.4. The van der Waals surface area contributed by atoms with Gasteiger partial charge in [-0.1, -0.05) is 88.3 Å². The van der Waals surface area contributed by atoms with Crippen LogP contribution in [0.4, 0.5) is 0 Å². The van der Waals surface area contributed by atoms with Crippen LogP contribution in [0.1, 0.15) is 82.9 Å². The molecule has 1 fully saturated rings. The highest BCUT2D eigenvalue weighted by atomic mass is 32.2. The molecule has 4 aromatic carbocycles. The molecule has 1 aromatic heterocycles. The number of nitrogens with zero attached hydrogens (tertiary/aromatic N) is 1. The van der Waals surface area contributed by atoms with Crippen LogP contribution in [0.5, 0.6) is 0 Å². The lowest BCUT2D eigenvalue weighted by Crippen LogP contribution is -2.20. The summed E-state index contributed by atoms with van der Waals surface area (Å²) >= 11 is 1.97. The van der Waals surface area contributed by atoms with Gasteiger partial charge in [0.1, 0.15) is 0 Å². The van der Waals surface area contributed by atoms with Crippen molar-refractivity contribution >= 4 is 44.1 Å². The van der Waals surface area contributed by atoms with Crippen LogP contribution in [0.25, 0.3) is 43.6 Å². The summed E-state index contributed by atoms with van der Waals surface area (Å²) in [5.74, 6) is 0.677. The number of rotatable bonds is 2. The van der Waals surface area contributed by atoms with Crippen molar-refractivity contribution in [3.63, 3.8) is 0 Å². The van der Waals surface area contributed by atoms with Gasteiger partial charge >= 0.3 is 0 Å². The molecule has 1 aliphatic heterocycles. The molecular weight excluding hydrogens is 490 g/mol. The summed E-state index contributed by atoms with van der Waals surface area (Å²) in [4.78, 5) is 7.81. The molecule has 0 amide bonds. The van der Waals surface area contributed by atoms with Crippen molar-refractivity contribution in [3.05, 3.63) is 77.5 Å². The number of hydrogen-bond donors (Lipinski definition) is 0. The summed E-state index contributed by atoms with van der Waals surface area (Å²) < 4.78 is 0. The first-order chi connectivity index (χ1) is 18.6. The lowest BCUT2D eigenvalue weighted by atomic mass is 9.71. The van der Waals surface area contributed by atoms with Gasteiger partial charge in [-0.05, 0) is 112 Å². The van der Waals surface area contributed by atoms with Crippen molar-refractivity contribution < 1.29 is 0 Å². The molecule has 0 saturated heterocycles. The van der Waals surface area contributed by atoms with Gasteiger partial charge in [0.05, 0.1) is 5.69 Å². The van der Waals surface area contributed by atoms with Gasteiger partial charge in [0, 0.05) is 26.9 Å². The molecule has 198 valence electrons. The van der Waals surface area contributed by atoms with E-state index in [1.54, 1.807) is 0 Å². The Labute approximate surface area is 237 Å². The zero-order valence-corrected chi connectivity index (χ0v) is 25.1. The van der Waals surface area contributed by atoms with E-state index in [-0.39, 0.29) is 5.41 Å². The summed E-state index contributed by atoms with van der Waals surface area (Å²) in [6.07, 6.45) is 8.33. The lowest BCUT2D eigenvalue weighted by Gasteiger charge is -2.34. The van der Waals surface area contributed by atoms with Crippen LogP contribution in [-0.2, 0) is 6.42 Å². The largest absolute Gasteiger partial charge is 0.256 e. The van der Waals surface area contributed by atoms with Gasteiger partial charge in [-0.25, -0.2) is 0 Å². The van der Waals surface area contributed by atoms with Crippen LogP contribution in [0.2, 0.25) is 0 Å². The molecule has 7 rings (SSSR count). The fourth-order valence-electron chi connectivity index (χ4n) is 7.04. The minimum atomic E-state index is 0.196. The highest BCUT2D eigenvalue weighted by Gasteiger charge is 2.29. The van der Waals surface area contributed by atoms with E-state index in [9.17, 15) is 0 Å². The molecule has 5 aromatic rings. The van der Waals surface area contributed by atoms with E-state index in [1.165, 1.54) is 90.0 Å². The first-order valence-electron chi connectivity index (χ1n) is 14.7. The average Bonchev–Trinajstić information content (AvgIpc) is 2.88. The smallest absolute Gasteiger partial charge is 0.0803 e. The number of benzene rings is 4. The standard InChI is InChI=1S/C37H39NS/c1-22-7-10-27-26(17-22)19-30-34-33-28(13-16-38-34)29-18-24(23-11-14-37(5,6)15-12-23)8-9-25(29)20-32(33)39-35(30)31(27)21-36(2,3)4/h7-10,13,16-20,23H,11-12,14-15,21H2,1-6H3. The average molecular weight is 530 g/mol. The molecule has 0 N–H and O–H groups in total. The monoisotopic (exact) mass is 529 g/mol. The fraction of sp³-hybridized carbons (Fsp3) is 0.378. The van der Waals surface area contributed by atoms with E-state index >= 15 is 0 Å². The molecule has 2 aliphatic rings. The Bertz CT molecular complexity index is 1780. The maximum Gasteiger partial charge on any atom is 0.0803 e. The van der Waals surface area contributed by atoms with Crippen molar-refractivity contribution in [1.29, 1.82) is 0 Å². The summed E-state index contributed by atoms with van der Waals surface area (Å²) in [6, 6.07) is 21.4. The quantitative estimate of drug-likeness (QED) is 0.207. The van der Waals surface area contributed by atoms with E-state index in [1.807, 2.05) is 18.0 Å². The summed E-state index contributed by atoms with van der Waals surface area (Å²) in [5.41, 5.74) is 7.45. The van der Waals surface area contributed by atoms with Gasteiger partial charge in [0.25, 0.3) is 0 Å². The van der Waals surface area contributed by atoms with Crippen molar-refractivity contribution in [1.82, 2.24) is 4.98 Å². The van der Waals surface area contributed by atoms with Gasteiger partial charge in [-0.3, -0.25) is 4.98 Å². The highest BCUT2D eigenvalue weighted by molar-refractivity contribution is 8.00. The SMILES string of the molecule is Cc1ccc2c(CC(C)(C)C)c3c(cc2c1)-c1nccc2c1c(cc1ccc(C4CCC(C)(C)CC4)cc12)S3. The Morgan fingerprint density at radius 1 is 0.872 bits per heavy atom.